The summed E-state index contributed by atoms with van der Waals surface area (Å²) in [5.74, 6) is 1.73. The highest BCUT2D eigenvalue weighted by atomic mass is 32.1. The minimum absolute atomic E-state index is 0.341. The molecule has 0 heterocycles. The summed E-state index contributed by atoms with van der Waals surface area (Å²) in [7, 11) is 0. The van der Waals surface area contributed by atoms with Crippen molar-refractivity contribution in [3.05, 3.63) is 23.3 Å². The van der Waals surface area contributed by atoms with E-state index in [1.807, 2.05) is 13.8 Å². The molecule has 0 aliphatic heterocycles. The van der Waals surface area contributed by atoms with Gasteiger partial charge in [-0.2, -0.15) is 12.6 Å². The Morgan fingerprint density at radius 2 is 1.82 bits per heavy atom. The van der Waals surface area contributed by atoms with Crippen LogP contribution in [0.25, 0.3) is 0 Å². The summed E-state index contributed by atoms with van der Waals surface area (Å²) < 4.78 is 11.3. The zero-order valence-corrected chi connectivity index (χ0v) is 11.4. The molecule has 0 radical (unpaired) electrons. The van der Waals surface area contributed by atoms with Crippen LogP contribution >= 0.6 is 12.6 Å². The van der Waals surface area contributed by atoms with Gasteiger partial charge in [-0.1, -0.05) is 0 Å². The third-order valence-corrected chi connectivity index (χ3v) is 3.62. The highest BCUT2D eigenvalue weighted by Gasteiger charge is 2.20. The number of benzene rings is 1. The molecule has 0 bridgehead atoms. The first-order valence-electron chi connectivity index (χ1n) is 6.36. The molecular formula is C14H20O2S. The maximum Gasteiger partial charge on any atom is 0.161 e. The molecule has 3 heteroatoms. The number of rotatable bonds is 4. The summed E-state index contributed by atoms with van der Waals surface area (Å²) >= 11 is 4.65. The summed E-state index contributed by atoms with van der Waals surface area (Å²) in [5, 5.41) is 0.341. The lowest BCUT2D eigenvalue weighted by molar-refractivity contribution is 0.287. The lowest BCUT2D eigenvalue weighted by Crippen LogP contribution is -2.08. The minimum atomic E-state index is 0.341. The molecule has 94 valence electrons. The standard InChI is InChI=1S/C14H20O2S/c1-3-15-12-8-10-6-5-7-14(17)11(10)9-13(12)16-4-2/h8-9,14,17H,3-7H2,1-2H3. The molecule has 0 aromatic heterocycles. The predicted molar refractivity (Wildman–Crippen MR) is 73.4 cm³/mol. The maximum absolute atomic E-state index is 5.65. The molecule has 1 atom stereocenters. The van der Waals surface area contributed by atoms with Crippen LogP contribution in [0.2, 0.25) is 0 Å². The number of hydrogen-bond donors (Lipinski definition) is 1. The molecule has 2 rings (SSSR count). The van der Waals surface area contributed by atoms with Crippen molar-refractivity contribution in [3.8, 4) is 11.5 Å². The van der Waals surface area contributed by atoms with Crippen molar-refractivity contribution in [1.29, 1.82) is 0 Å². The van der Waals surface area contributed by atoms with E-state index in [0.29, 0.717) is 18.5 Å². The maximum atomic E-state index is 5.65. The Kier molecular flexibility index (Phi) is 4.21. The monoisotopic (exact) mass is 252 g/mol. The van der Waals surface area contributed by atoms with Crippen LogP contribution in [0, 0.1) is 0 Å². The van der Waals surface area contributed by atoms with Crippen molar-refractivity contribution in [3.63, 3.8) is 0 Å². The van der Waals surface area contributed by atoms with Gasteiger partial charge in [0.15, 0.2) is 11.5 Å². The average molecular weight is 252 g/mol. The third kappa shape index (κ3) is 2.71. The molecular weight excluding hydrogens is 232 g/mol. The van der Waals surface area contributed by atoms with Gasteiger partial charge in [0.25, 0.3) is 0 Å². The zero-order chi connectivity index (χ0) is 12.3. The van der Waals surface area contributed by atoms with Crippen LogP contribution < -0.4 is 9.47 Å². The topological polar surface area (TPSA) is 18.5 Å². The second kappa shape index (κ2) is 5.67. The van der Waals surface area contributed by atoms with Gasteiger partial charge in [-0.15, -0.1) is 0 Å². The summed E-state index contributed by atoms with van der Waals surface area (Å²) in [4.78, 5) is 0. The molecule has 0 spiro atoms. The fourth-order valence-corrected chi connectivity index (χ4v) is 2.75. The molecule has 1 aromatic carbocycles. The summed E-state index contributed by atoms with van der Waals surface area (Å²) in [6, 6.07) is 4.24. The Morgan fingerprint density at radius 1 is 1.18 bits per heavy atom. The van der Waals surface area contributed by atoms with Gasteiger partial charge in [-0.3, -0.25) is 0 Å². The van der Waals surface area contributed by atoms with Crippen molar-refractivity contribution in [2.24, 2.45) is 0 Å². The fraction of sp³-hybridized carbons (Fsp3) is 0.571. The van der Waals surface area contributed by atoms with Crippen LogP contribution in [0.1, 0.15) is 43.1 Å². The van der Waals surface area contributed by atoms with Gasteiger partial charge < -0.3 is 9.47 Å². The van der Waals surface area contributed by atoms with Crippen molar-refractivity contribution < 1.29 is 9.47 Å². The van der Waals surface area contributed by atoms with Gasteiger partial charge in [0.1, 0.15) is 0 Å². The van der Waals surface area contributed by atoms with Gasteiger partial charge in [0.2, 0.25) is 0 Å². The quantitative estimate of drug-likeness (QED) is 0.822. The van der Waals surface area contributed by atoms with E-state index >= 15 is 0 Å². The first kappa shape index (κ1) is 12.6. The second-order valence-electron chi connectivity index (χ2n) is 4.27. The SMILES string of the molecule is CCOc1cc2c(cc1OCC)C(S)CCC2. The Hall–Kier alpha value is -0.830. The van der Waals surface area contributed by atoms with Crippen LogP contribution in [0.5, 0.6) is 11.5 Å². The fourth-order valence-electron chi connectivity index (χ4n) is 2.32. The normalized spacial score (nSPS) is 18.6. The Bertz CT molecular complexity index is 390. The molecule has 1 unspecified atom stereocenters. The molecule has 1 aliphatic carbocycles. The van der Waals surface area contributed by atoms with Crippen LogP contribution in [0.3, 0.4) is 0 Å². The van der Waals surface area contributed by atoms with E-state index in [4.69, 9.17) is 9.47 Å². The van der Waals surface area contributed by atoms with Crippen LogP contribution in [-0.2, 0) is 6.42 Å². The molecule has 17 heavy (non-hydrogen) atoms. The van der Waals surface area contributed by atoms with Crippen molar-refractivity contribution in [1.82, 2.24) is 0 Å². The van der Waals surface area contributed by atoms with E-state index in [2.05, 4.69) is 24.8 Å². The molecule has 1 aliphatic rings. The first-order valence-corrected chi connectivity index (χ1v) is 6.88. The highest BCUT2D eigenvalue weighted by Crippen LogP contribution is 2.40. The molecule has 0 amide bonds. The van der Waals surface area contributed by atoms with E-state index < -0.39 is 0 Å². The second-order valence-corrected chi connectivity index (χ2v) is 4.90. The molecule has 1 aromatic rings. The number of fused-ring (bicyclic) bond motifs is 1. The van der Waals surface area contributed by atoms with Crippen molar-refractivity contribution >= 4 is 12.6 Å². The molecule has 0 saturated heterocycles. The van der Waals surface area contributed by atoms with E-state index in [1.54, 1.807) is 0 Å². The van der Waals surface area contributed by atoms with Gasteiger partial charge in [-0.05, 0) is 56.4 Å². The Balaban J connectivity index is 2.39. The summed E-state index contributed by atoms with van der Waals surface area (Å²) in [6.07, 6.45) is 3.48. The smallest absolute Gasteiger partial charge is 0.161 e. The largest absolute Gasteiger partial charge is 0.490 e. The van der Waals surface area contributed by atoms with Crippen LogP contribution in [0.4, 0.5) is 0 Å². The highest BCUT2D eigenvalue weighted by molar-refractivity contribution is 7.80. The van der Waals surface area contributed by atoms with Gasteiger partial charge in [0, 0.05) is 5.25 Å². The average Bonchev–Trinajstić information content (AvgIpc) is 2.32. The van der Waals surface area contributed by atoms with Crippen LogP contribution in [0.15, 0.2) is 12.1 Å². The number of aryl methyl sites for hydroxylation is 1. The summed E-state index contributed by atoms with van der Waals surface area (Å²) in [6.45, 7) is 5.32. The lowest BCUT2D eigenvalue weighted by Gasteiger charge is -2.24. The van der Waals surface area contributed by atoms with Gasteiger partial charge in [0.05, 0.1) is 13.2 Å². The van der Waals surface area contributed by atoms with E-state index in [0.717, 1.165) is 24.3 Å². The van der Waals surface area contributed by atoms with E-state index in [1.165, 1.54) is 17.5 Å². The number of ether oxygens (including phenoxy) is 2. The Labute approximate surface area is 109 Å². The molecule has 2 nitrogen and oxygen atoms in total. The zero-order valence-electron chi connectivity index (χ0n) is 10.5. The van der Waals surface area contributed by atoms with Crippen molar-refractivity contribution in [2.75, 3.05) is 13.2 Å². The number of hydrogen-bond acceptors (Lipinski definition) is 3. The van der Waals surface area contributed by atoms with E-state index in [9.17, 15) is 0 Å². The third-order valence-electron chi connectivity index (χ3n) is 3.09. The minimum Gasteiger partial charge on any atom is -0.490 e. The first-order chi connectivity index (χ1) is 8.26. The summed E-state index contributed by atoms with van der Waals surface area (Å²) in [5.41, 5.74) is 2.68. The van der Waals surface area contributed by atoms with Gasteiger partial charge in [-0.25, -0.2) is 0 Å². The van der Waals surface area contributed by atoms with E-state index in [-0.39, 0.29) is 0 Å². The molecule has 0 saturated carbocycles. The predicted octanol–water partition coefficient (Wildman–Crippen LogP) is 3.79. The lowest BCUT2D eigenvalue weighted by atomic mass is 9.91. The van der Waals surface area contributed by atoms with Gasteiger partial charge >= 0.3 is 0 Å². The number of thiol groups is 1. The Morgan fingerprint density at radius 3 is 2.47 bits per heavy atom. The molecule has 0 fully saturated rings. The van der Waals surface area contributed by atoms with Crippen LogP contribution in [-0.4, -0.2) is 13.2 Å². The molecule has 0 N–H and O–H groups in total. The van der Waals surface area contributed by atoms with Crippen molar-refractivity contribution in [2.45, 2.75) is 38.4 Å².